The first-order valence-electron chi connectivity index (χ1n) is 9.69. The average molecular weight is 401 g/mol. The molecule has 2 aromatic carbocycles. The maximum absolute atomic E-state index is 12.8. The van der Waals surface area contributed by atoms with Crippen molar-refractivity contribution in [1.82, 2.24) is 19.9 Å². The zero-order chi connectivity index (χ0) is 20.5. The number of aliphatic hydroxyl groups is 1. The third-order valence-corrected chi connectivity index (χ3v) is 5.04. The van der Waals surface area contributed by atoms with Crippen molar-refractivity contribution in [3.05, 3.63) is 72.3 Å². The highest BCUT2D eigenvalue weighted by molar-refractivity contribution is 6.08. The van der Waals surface area contributed by atoms with Crippen LogP contribution in [0.1, 0.15) is 22.6 Å². The van der Waals surface area contributed by atoms with E-state index in [1.54, 1.807) is 36.7 Å². The molecule has 0 spiro atoms. The van der Waals surface area contributed by atoms with E-state index in [1.807, 2.05) is 29.2 Å². The Bertz CT molecular complexity index is 1170. The van der Waals surface area contributed by atoms with Crippen molar-refractivity contribution in [2.45, 2.75) is 12.5 Å². The molecule has 1 saturated heterocycles. The number of hydrogen-bond acceptors (Lipinski definition) is 7. The van der Waals surface area contributed by atoms with E-state index in [2.05, 4.69) is 19.9 Å². The summed E-state index contributed by atoms with van der Waals surface area (Å²) in [4.78, 5) is 30.8. The summed E-state index contributed by atoms with van der Waals surface area (Å²) in [5.41, 5.74) is 2.08. The number of β-amino-alcohol motifs (C(OH)–C–C–N with tert-alkyl or cyclic N) is 1. The molecule has 4 aromatic rings. The summed E-state index contributed by atoms with van der Waals surface area (Å²) in [7, 11) is 0. The first kappa shape index (κ1) is 18.3. The molecule has 1 aliphatic rings. The molecule has 0 bridgehead atoms. The van der Waals surface area contributed by atoms with Gasteiger partial charge in [0.15, 0.2) is 11.6 Å². The van der Waals surface area contributed by atoms with Gasteiger partial charge in [0.05, 0.1) is 17.1 Å². The summed E-state index contributed by atoms with van der Waals surface area (Å²) in [5, 5.41) is 9.79. The van der Waals surface area contributed by atoms with Gasteiger partial charge in [0.2, 0.25) is 5.78 Å². The van der Waals surface area contributed by atoms with Crippen molar-refractivity contribution >= 4 is 22.6 Å². The summed E-state index contributed by atoms with van der Waals surface area (Å²) in [6.07, 6.45) is 3.48. The van der Waals surface area contributed by atoms with Crippen molar-refractivity contribution < 1.29 is 14.6 Å². The van der Waals surface area contributed by atoms with Crippen LogP contribution in [0.5, 0.6) is 11.6 Å². The Balaban J connectivity index is 1.35. The van der Waals surface area contributed by atoms with Crippen LogP contribution in [-0.2, 0) is 0 Å². The number of nitrogens with one attached hydrogen (secondary N) is 1. The Morgan fingerprint density at radius 3 is 2.67 bits per heavy atom. The number of aliphatic hydroxyl groups excluding tert-OH is 1. The van der Waals surface area contributed by atoms with Crippen molar-refractivity contribution in [3.8, 4) is 11.6 Å². The van der Waals surface area contributed by atoms with Gasteiger partial charge < -0.3 is 19.7 Å². The molecule has 0 aliphatic carbocycles. The van der Waals surface area contributed by atoms with Crippen LogP contribution in [0.4, 0.5) is 5.82 Å². The number of carbonyl (C=O) groups excluding carboxylic acids is 1. The minimum Gasteiger partial charge on any atom is -0.436 e. The van der Waals surface area contributed by atoms with Crippen LogP contribution in [-0.4, -0.2) is 50.0 Å². The van der Waals surface area contributed by atoms with Gasteiger partial charge in [-0.25, -0.2) is 15.0 Å². The number of carbonyl (C=O) groups is 1. The second kappa shape index (κ2) is 7.57. The van der Waals surface area contributed by atoms with Crippen LogP contribution in [0.25, 0.3) is 11.0 Å². The number of benzene rings is 2. The van der Waals surface area contributed by atoms with E-state index in [0.717, 1.165) is 11.0 Å². The quantitative estimate of drug-likeness (QED) is 0.496. The maximum atomic E-state index is 12.8. The zero-order valence-electron chi connectivity index (χ0n) is 16.0. The maximum Gasteiger partial charge on any atom is 0.263 e. The highest BCUT2D eigenvalue weighted by Crippen LogP contribution is 2.30. The lowest BCUT2D eigenvalue weighted by atomic mass is 10.1. The number of aromatic amines is 1. The zero-order valence-corrected chi connectivity index (χ0v) is 16.0. The molecule has 150 valence electrons. The smallest absolute Gasteiger partial charge is 0.263 e. The first-order valence-corrected chi connectivity index (χ1v) is 9.69. The molecule has 1 fully saturated rings. The standard InChI is InChI=1S/C22H19N5O3/c28-15-9-12-27(13-15)21-22(24-11-10-23-21)30-16-7-5-14(6-8-16)19(29)20-25-17-3-1-2-4-18(17)26-20/h1-8,10-11,15,28H,9,12-13H2,(H,25,26). The number of anilines is 1. The minimum absolute atomic E-state index is 0.191. The number of imidazole rings is 1. The molecule has 0 saturated carbocycles. The number of hydrogen-bond donors (Lipinski definition) is 2. The van der Waals surface area contributed by atoms with Crippen LogP contribution in [0, 0.1) is 0 Å². The molecule has 1 unspecified atom stereocenters. The van der Waals surface area contributed by atoms with Crippen LogP contribution in [0.15, 0.2) is 60.9 Å². The number of para-hydroxylation sites is 2. The monoisotopic (exact) mass is 401 g/mol. The molecular weight excluding hydrogens is 382 g/mol. The number of aromatic nitrogens is 4. The topological polar surface area (TPSA) is 104 Å². The van der Waals surface area contributed by atoms with Crippen LogP contribution in [0.2, 0.25) is 0 Å². The van der Waals surface area contributed by atoms with Gasteiger partial charge in [0.1, 0.15) is 5.75 Å². The first-order chi connectivity index (χ1) is 14.7. The number of rotatable bonds is 5. The minimum atomic E-state index is -0.372. The molecule has 30 heavy (non-hydrogen) atoms. The van der Waals surface area contributed by atoms with Gasteiger partial charge in [-0.2, -0.15) is 0 Å². The molecule has 0 radical (unpaired) electrons. The number of H-pyrrole nitrogens is 1. The van der Waals surface area contributed by atoms with Crippen molar-refractivity contribution in [3.63, 3.8) is 0 Å². The number of nitrogens with zero attached hydrogens (tertiary/aromatic N) is 4. The van der Waals surface area contributed by atoms with Gasteiger partial charge in [0, 0.05) is 31.0 Å². The fraction of sp³-hybridized carbons (Fsp3) is 0.182. The largest absolute Gasteiger partial charge is 0.436 e. The molecule has 1 atom stereocenters. The lowest BCUT2D eigenvalue weighted by molar-refractivity contribution is 0.103. The predicted molar refractivity (Wildman–Crippen MR) is 111 cm³/mol. The second-order valence-corrected chi connectivity index (χ2v) is 7.13. The molecule has 8 nitrogen and oxygen atoms in total. The number of ether oxygens (including phenoxy) is 1. The summed E-state index contributed by atoms with van der Waals surface area (Å²) < 4.78 is 5.91. The average Bonchev–Trinajstić information content (AvgIpc) is 3.40. The van der Waals surface area contributed by atoms with Gasteiger partial charge in [0.25, 0.3) is 5.88 Å². The highest BCUT2D eigenvalue weighted by Gasteiger charge is 2.25. The summed E-state index contributed by atoms with van der Waals surface area (Å²) in [5.74, 6) is 1.61. The summed E-state index contributed by atoms with van der Waals surface area (Å²) in [6.45, 7) is 1.20. The number of ketones is 1. The lowest BCUT2D eigenvalue weighted by Crippen LogP contribution is -2.23. The van der Waals surface area contributed by atoms with E-state index in [0.29, 0.717) is 48.3 Å². The van der Waals surface area contributed by atoms with Crippen molar-refractivity contribution in [2.75, 3.05) is 18.0 Å². The van der Waals surface area contributed by atoms with Gasteiger partial charge in [-0.15, -0.1) is 0 Å². The fourth-order valence-corrected chi connectivity index (χ4v) is 3.52. The van der Waals surface area contributed by atoms with E-state index in [-0.39, 0.29) is 11.9 Å². The molecule has 0 amide bonds. The van der Waals surface area contributed by atoms with Gasteiger partial charge in [-0.05, 0) is 42.8 Å². The Morgan fingerprint density at radius 1 is 1.10 bits per heavy atom. The normalized spacial score (nSPS) is 16.2. The van der Waals surface area contributed by atoms with Crippen LogP contribution >= 0.6 is 0 Å². The van der Waals surface area contributed by atoms with Gasteiger partial charge >= 0.3 is 0 Å². The van der Waals surface area contributed by atoms with Crippen LogP contribution < -0.4 is 9.64 Å². The second-order valence-electron chi connectivity index (χ2n) is 7.13. The Kier molecular flexibility index (Phi) is 4.61. The van der Waals surface area contributed by atoms with Crippen molar-refractivity contribution in [2.24, 2.45) is 0 Å². The van der Waals surface area contributed by atoms with Gasteiger partial charge in [-0.3, -0.25) is 4.79 Å². The highest BCUT2D eigenvalue weighted by atomic mass is 16.5. The Morgan fingerprint density at radius 2 is 1.90 bits per heavy atom. The van der Waals surface area contributed by atoms with E-state index < -0.39 is 0 Å². The lowest BCUT2D eigenvalue weighted by Gasteiger charge is -2.18. The third kappa shape index (κ3) is 3.48. The summed E-state index contributed by atoms with van der Waals surface area (Å²) in [6, 6.07) is 14.3. The fourth-order valence-electron chi connectivity index (χ4n) is 3.52. The summed E-state index contributed by atoms with van der Waals surface area (Å²) >= 11 is 0. The van der Waals surface area contributed by atoms with E-state index in [4.69, 9.17) is 4.74 Å². The molecular formula is C22H19N5O3. The SMILES string of the molecule is O=C(c1ccc(Oc2nccnc2N2CCC(O)C2)cc1)c1nc2ccccc2[nH]1. The molecule has 2 aromatic heterocycles. The molecule has 3 heterocycles. The van der Waals surface area contributed by atoms with E-state index in [1.165, 1.54) is 0 Å². The van der Waals surface area contributed by atoms with E-state index in [9.17, 15) is 9.90 Å². The predicted octanol–water partition coefficient (Wildman–Crippen LogP) is 2.95. The Labute approximate surface area is 172 Å². The van der Waals surface area contributed by atoms with E-state index >= 15 is 0 Å². The molecule has 8 heteroatoms. The third-order valence-electron chi connectivity index (χ3n) is 5.04. The molecule has 5 rings (SSSR count). The molecule has 1 aliphatic heterocycles. The number of fused-ring (bicyclic) bond motifs is 1. The molecule has 2 N–H and O–H groups in total. The van der Waals surface area contributed by atoms with Crippen LogP contribution in [0.3, 0.4) is 0 Å². The van der Waals surface area contributed by atoms with Crippen molar-refractivity contribution in [1.29, 1.82) is 0 Å². The van der Waals surface area contributed by atoms with Gasteiger partial charge in [-0.1, -0.05) is 12.1 Å². The Hall–Kier alpha value is -3.78.